The third-order valence-electron chi connectivity index (χ3n) is 4.84. The Labute approximate surface area is 184 Å². The second kappa shape index (κ2) is 7.84. The number of aryl methyl sites for hydroxylation is 1. The fraction of sp³-hybridized carbons (Fsp3) is 0.150. The molecular formula is C20H16BrN7O3. The molecule has 0 aliphatic carbocycles. The predicted molar refractivity (Wildman–Crippen MR) is 118 cm³/mol. The van der Waals surface area contributed by atoms with Crippen molar-refractivity contribution in [2.75, 3.05) is 17.5 Å². The number of anilines is 3. The van der Waals surface area contributed by atoms with Crippen molar-refractivity contribution in [3.63, 3.8) is 0 Å². The van der Waals surface area contributed by atoms with Crippen LogP contribution >= 0.6 is 15.9 Å². The fourth-order valence-electron chi connectivity index (χ4n) is 3.01. The Hall–Kier alpha value is -3.73. The van der Waals surface area contributed by atoms with Gasteiger partial charge in [-0.1, -0.05) is 12.1 Å². The molecule has 1 aliphatic heterocycles. The van der Waals surface area contributed by atoms with Crippen LogP contribution in [0.3, 0.4) is 0 Å². The van der Waals surface area contributed by atoms with Crippen LogP contribution in [-0.2, 0) is 0 Å². The number of hydrogen-bond donors (Lipinski definition) is 2. The summed E-state index contributed by atoms with van der Waals surface area (Å²) in [7, 11) is 0. The van der Waals surface area contributed by atoms with Gasteiger partial charge in [-0.2, -0.15) is 10.1 Å². The number of hydrogen-bond acceptors (Lipinski definition) is 10. The van der Waals surface area contributed by atoms with E-state index < -0.39 is 0 Å². The van der Waals surface area contributed by atoms with Gasteiger partial charge >= 0.3 is 0 Å². The number of rotatable bonds is 5. The van der Waals surface area contributed by atoms with Crippen LogP contribution in [-0.4, -0.2) is 33.3 Å². The second-order valence-corrected chi connectivity index (χ2v) is 7.66. The minimum Gasteiger partial charge on any atom is -0.454 e. The molecule has 0 saturated heterocycles. The molecule has 0 saturated carbocycles. The number of hydrazone groups is 1. The molecule has 2 N–H and O–H groups in total. The molecule has 0 radical (unpaired) electrons. The molecule has 31 heavy (non-hydrogen) atoms. The van der Waals surface area contributed by atoms with Crippen LogP contribution in [0.15, 0.2) is 44.5 Å². The molecule has 5 rings (SSSR count). The van der Waals surface area contributed by atoms with Gasteiger partial charge in [0.25, 0.3) is 0 Å². The standard InChI is InChI=1S/C20H16BrN7O3/c1-10-4-3-5-14(11(10)2)23-17-18(25-20-19(24-17)27-31-28-20)26-22-8-12-6-15-16(7-13(12)21)30-9-29-15/h3-8H,9H2,1-2H3,(H,23,24,27)(H,25,26,28)/b22-8-. The summed E-state index contributed by atoms with van der Waals surface area (Å²) in [4.78, 5) is 8.89. The van der Waals surface area contributed by atoms with E-state index in [0.29, 0.717) is 28.8 Å². The maximum Gasteiger partial charge on any atom is 0.245 e. The summed E-state index contributed by atoms with van der Waals surface area (Å²) >= 11 is 3.51. The van der Waals surface area contributed by atoms with E-state index >= 15 is 0 Å². The Morgan fingerprint density at radius 3 is 2.58 bits per heavy atom. The van der Waals surface area contributed by atoms with Crippen LogP contribution in [0.1, 0.15) is 16.7 Å². The summed E-state index contributed by atoms with van der Waals surface area (Å²) in [5.41, 5.74) is 7.44. The molecular weight excluding hydrogens is 466 g/mol. The van der Waals surface area contributed by atoms with Crippen molar-refractivity contribution in [2.24, 2.45) is 5.10 Å². The Kier molecular flexibility index (Phi) is 4.86. The highest BCUT2D eigenvalue weighted by Gasteiger charge is 2.16. The molecule has 10 nitrogen and oxygen atoms in total. The van der Waals surface area contributed by atoms with Crippen LogP contribution in [0, 0.1) is 13.8 Å². The van der Waals surface area contributed by atoms with E-state index in [1.54, 1.807) is 6.21 Å². The smallest absolute Gasteiger partial charge is 0.245 e. The van der Waals surface area contributed by atoms with Gasteiger partial charge in [0.15, 0.2) is 23.1 Å². The Morgan fingerprint density at radius 2 is 1.77 bits per heavy atom. The number of nitrogens with zero attached hydrogens (tertiary/aromatic N) is 5. The quantitative estimate of drug-likeness (QED) is 0.317. The number of fused-ring (bicyclic) bond motifs is 2. The Bertz CT molecular complexity index is 1320. The van der Waals surface area contributed by atoms with Gasteiger partial charge < -0.3 is 14.8 Å². The van der Waals surface area contributed by atoms with E-state index in [9.17, 15) is 0 Å². The molecule has 0 amide bonds. The number of aromatic nitrogens is 4. The monoisotopic (exact) mass is 481 g/mol. The molecule has 4 aromatic rings. The van der Waals surface area contributed by atoms with Gasteiger partial charge in [0.2, 0.25) is 18.1 Å². The van der Waals surface area contributed by atoms with Gasteiger partial charge in [-0.3, -0.25) is 5.43 Å². The first kappa shape index (κ1) is 19.2. The van der Waals surface area contributed by atoms with Gasteiger partial charge in [0, 0.05) is 15.7 Å². The van der Waals surface area contributed by atoms with Gasteiger partial charge in [0.05, 0.1) is 6.21 Å². The lowest BCUT2D eigenvalue weighted by Crippen LogP contribution is -2.04. The van der Waals surface area contributed by atoms with E-state index in [1.165, 1.54) is 0 Å². The van der Waals surface area contributed by atoms with E-state index in [2.05, 4.69) is 52.1 Å². The summed E-state index contributed by atoms with van der Waals surface area (Å²) in [6.07, 6.45) is 1.64. The zero-order valence-electron chi connectivity index (χ0n) is 16.5. The first-order valence-electron chi connectivity index (χ1n) is 9.30. The average Bonchev–Trinajstić information content (AvgIpc) is 3.40. The Morgan fingerprint density at radius 1 is 1.03 bits per heavy atom. The molecule has 0 spiro atoms. The molecule has 2 aromatic carbocycles. The first-order chi connectivity index (χ1) is 15.1. The minimum absolute atomic E-state index is 0.204. The maximum atomic E-state index is 5.42. The van der Waals surface area contributed by atoms with E-state index in [4.69, 9.17) is 14.1 Å². The number of halogens is 1. The van der Waals surface area contributed by atoms with Gasteiger partial charge in [0.1, 0.15) is 0 Å². The van der Waals surface area contributed by atoms with Crippen molar-refractivity contribution in [3.05, 3.63) is 51.5 Å². The van der Waals surface area contributed by atoms with Crippen LogP contribution in [0.5, 0.6) is 11.5 Å². The summed E-state index contributed by atoms with van der Waals surface area (Å²) in [6.45, 7) is 4.28. The highest BCUT2D eigenvalue weighted by Crippen LogP contribution is 2.36. The van der Waals surface area contributed by atoms with Gasteiger partial charge in [-0.15, -0.1) is 0 Å². The lowest BCUT2D eigenvalue weighted by Gasteiger charge is -2.12. The van der Waals surface area contributed by atoms with E-state index in [0.717, 1.165) is 26.9 Å². The molecule has 0 bridgehead atoms. The largest absolute Gasteiger partial charge is 0.454 e. The predicted octanol–water partition coefficient (Wildman–Crippen LogP) is 4.31. The summed E-state index contributed by atoms with van der Waals surface area (Å²) < 4.78 is 16.4. The molecule has 0 unspecified atom stereocenters. The highest BCUT2D eigenvalue weighted by atomic mass is 79.9. The van der Waals surface area contributed by atoms with Crippen molar-refractivity contribution in [3.8, 4) is 11.5 Å². The lowest BCUT2D eigenvalue weighted by molar-refractivity contribution is 0.174. The zero-order chi connectivity index (χ0) is 21.4. The van der Waals surface area contributed by atoms with Crippen molar-refractivity contribution >= 4 is 50.8 Å². The molecule has 0 fully saturated rings. The van der Waals surface area contributed by atoms with Crippen LogP contribution in [0.25, 0.3) is 11.3 Å². The number of nitrogens with one attached hydrogen (secondary N) is 2. The molecule has 3 heterocycles. The third kappa shape index (κ3) is 3.75. The normalized spacial score (nSPS) is 12.6. The van der Waals surface area contributed by atoms with E-state index in [-0.39, 0.29) is 12.4 Å². The number of benzene rings is 2. The lowest BCUT2D eigenvalue weighted by atomic mass is 10.1. The summed E-state index contributed by atoms with van der Waals surface area (Å²) in [6, 6.07) is 9.65. The van der Waals surface area contributed by atoms with Crippen molar-refractivity contribution in [2.45, 2.75) is 13.8 Å². The minimum atomic E-state index is 0.204. The van der Waals surface area contributed by atoms with E-state index in [1.807, 2.05) is 44.2 Å². The molecule has 1 aliphatic rings. The fourth-order valence-corrected chi connectivity index (χ4v) is 3.44. The topological polar surface area (TPSA) is 120 Å². The van der Waals surface area contributed by atoms with Crippen LogP contribution < -0.4 is 20.2 Å². The van der Waals surface area contributed by atoms with Gasteiger partial charge in [-0.05, 0) is 69.4 Å². The van der Waals surface area contributed by atoms with Gasteiger partial charge in [-0.25, -0.2) is 9.61 Å². The average molecular weight is 482 g/mol. The van der Waals surface area contributed by atoms with Crippen LogP contribution in [0.4, 0.5) is 17.3 Å². The first-order valence-corrected chi connectivity index (χ1v) is 10.1. The Balaban J connectivity index is 1.46. The maximum absolute atomic E-state index is 5.42. The molecule has 11 heteroatoms. The van der Waals surface area contributed by atoms with Crippen LogP contribution in [0.2, 0.25) is 0 Å². The third-order valence-corrected chi connectivity index (χ3v) is 5.52. The van der Waals surface area contributed by atoms with Crippen molar-refractivity contribution < 1.29 is 14.1 Å². The van der Waals surface area contributed by atoms with Crippen molar-refractivity contribution in [1.29, 1.82) is 0 Å². The second-order valence-electron chi connectivity index (χ2n) is 6.80. The highest BCUT2D eigenvalue weighted by molar-refractivity contribution is 9.10. The zero-order valence-corrected chi connectivity index (χ0v) is 18.1. The molecule has 156 valence electrons. The SMILES string of the molecule is Cc1cccc(Nc2nc3nonc3nc2N/N=C\c2cc3c(cc2Br)OCO3)c1C. The summed E-state index contributed by atoms with van der Waals surface area (Å²) in [5, 5.41) is 15.1. The summed E-state index contributed by atoms with van der Waals surface area (Å²) in [5.74, 6) is 2.17. The molecule has 0 atom stereocenters. The molecule has 2 aromatic heterocycles. The number of ether oxygens (including phenoxy) is 2. The van der Waals surface area contributed by atoms with Crippen molar-refractivity contribution in [1.82, 2.24) is 20.3 Å².